The molecule has 1 aromatic rings. The number of rotatable bonds is 6. The Morgan fingerprint density at radius 3 is 2.04 bits per heavy atom. The molecule has 0 bridgehead atoms. The van der Waals surface area contributed by atoms with Crippen molar-refractivity contribution < 1.29 is 19.1 Å². The Bertz CT molecular complexity index is 704. The van der Waals surface area contributed by atoms with Gasteiger partial charge in [-0.3, -0.25) is 0 Å². The van der Waals surface area contributed by atoms with Crippen LogP contribution in [0.3, 0.4) is 0 Å². The van der Waals surface area contributed by atoms with Gasteiger partial charge in [0.25, 0.3) is 0 Å². The number of allylic oxidation sites excluding steroid dienone is 1. The topological polar surface area (TPSA) is 64.6 Å². The van der Waals surface area contributed by atoms with Gasteiger partial charge in [0.2, 0.25) is 0 Å². The van der Waals surface area contributed by atoms with Crippen molar-refractivity contribution >= 4 is 17.6 Å². The van der Waals surface area contributed by atoms with Crippen LogP contribution in [-0.4, -0.2) is 25.2 Å². The summed E-state index contributed by atoms with van der Waals surface area (Å²) in [7, 11) is 0. The van der Waals surface area contributed by atoms with Crippen LogP contribution in [0.2, 0.25) is 0 Å². The number of hydrogen-bond acceptors (Lipinski definition) is 5. The fourth-order valence-electron chi connectivity index (χ4n) is 3.02. The summed E-state index contributed by atoms with van der Waals surface area (Å²) in [5.41, 5.74) is 3.29. The minimum absolute atomic E-state index is 0.274. The van der Waals surface area contributed by atoms with E-state index in [1.54, 1.807) is 13.8 Å². The van der Waals surface area contributed by atoms with Crippen LogP contribution in [0.5, 0.6) is 0 Å². The highest BCUT2D eigenvalue weighted by Crippen LogP contribution is 2.35. The second-order valence-electron chi connectivity index (χ2n) is 5.69. The summed E-state index contributed by atoms with van der Waals surface area (Å²) < 4.78 is 10.5. The summed E-state index contributed by atoms with van der Waals surface area (Å²) in [4.78, 5) is 25.1. The summed E-state index contributed by atoms with van der Waals surface area (Å²) in [5, 5.41) is 3.29. The third-order valence-corrected chi connectivity index (χ3v) is 4.14. The normalized spacial score (nSPS) is 17.2. The van der Waals surface area contributed by atoms with E-state index in [4.69, 9.17) is 9.47 Å². The summed E-state index contributed by atoms with van der Waals surface area (Å²) in [6.07, 6.45) is 0.630. The fourth-order valence-corrected chi connectivity index (χ4v) is 3.02. The highest BCUT2D eigenvalue weighted by Gasteiger charge is 2.36. The predicted octanol–water partition coefficient (Wildman–Crippen LogP) is 3.43. The fraction of sp³-hybridized carbons (Fsp3) is 0.400. The van der Waals surface area contributed by atoms with Gasteiger partial charge in [-0.25, -0.2) is 9.59 Å². The van der Waals surface area contributed by atoms with Crippen LogP contribution in [0.1, 0.15) is 39.7 Å². The van der Waals surface area contributed by atoms with Crippen molar-refractivity contribution in [3.63, 3.8) is 0 Å². The van der Waals surface area contributed by atoms with Crippen molar-refractivity contribution in [3.8, 4) is 0 Å². The van der Waals surface area contributed by atoms with E-state index in [-0.39, 0.29) is 13.2 Å². The number of dihydropyridines is 1. The van der Waals surface area contributed by atoms with Gasteiger partial charge in [-0.15, -0.1) is 0 Å². The quantitative estimate of drug-likeness (QED) is 0.802. The Labute approximate surface area is 148 Å². The average Bonchev–Trinajstić information content (AvgIpc) is 2.61. The lowest BCUT2D eigenvalue weighted by Crippen LogP contribution is -2.33. The molecule has 1 atom stereocenters. The lowest BCUT2D eigenvalue weighted by Gasteiger charge is -2.30. The Kier molecular flexibility index (Phi) is 6.39. The van der Waals surface area contributed by atoms with Gasteiger partial charge in [-0.1, -0.05) is 44.2 Å². The second kappa shape index (κ2) is 8.51. The van der Waals surface area contributed by atoms with Crippen LogP contribution in [0.25, 0.3) is 5.70 Å². The molecule has 1 N–H and O–H groups in total. The molecule has 0 amide bonds. The van der Waals surface area contributed by atoms with Crippen LogP contribution in [0, 0.1) is 5.92 Å². The third-order valence-electron chi connectivity index (χ3n) is 4.14. The molecule has 25 heavy (non-hydrogen) atoms. The van der Waals surface area contributed by atoms with Crippen LogP contribution in [-0.2, 0) is 19.1 Å². The van der Waals surface area contributed by atoms with Crippen molar-refractivity contribution in [2.45, 2.75) is 34.1 Å². The number of benzene rings is 1. The van der Waals surface area contributed by atoms with Gasteiger partial charge in [0.1, 0.15) is 0 Å². The predicted molar refractivity (Wildman–Crippen MR) is 96.2 cm³/mol. The summed E-state index contributed by atoms with van der Waals surface area (Å²) in [6.45, 7) is 7.90. The van der Waals surface area contributed by atoms with Crippen LogP contribution in [0.15, 0.2) is 47.2 Å². The molecule has 5 heteroatoms. The molecule has 1 heterocycles. The van der Waals surface area contributed by atoms with E-state index in [1.807, 2.05) is 44.2 Å². The average molecular weight is 343 g/mol. The van der Waals surface area contributed by atoms with Gasteiger partial charge in [0, 0.05) is 11.6 Å². The zero-order valence-corrected chi connectivity index (χ0v) is 15.2. The van der Waals surface area contributed by atoms with Crippen molar-refractivity contribution in [1.82, 2.24) is 5.32 Å². The number of carbonyl (C=O) groups is 2. The largest absolute Gasteiger partial charge is 0.463 e. The molecular weight excluding hydrogens is 318 g/mol. The lowest BCUT2D eigenvalue weighted by molar-refractivity contribution is -0.139. The maximum Gasteiger partial charge on any atom is 0.336 e. The summed E-state index contributed by atoms with van der Waals surface area (Å²) in [5.74, 6) is -1.23. The van der Waals surface area contributed by atoms with Crippen LogP contribution >= 0.6 is 0 Å². The molecule has 1 aliphatic rings. The first kappa shape index (κ1) is 18.8. The summed E-state index contributed by atoms with van der Waals surface area (Å²) >= 11 is 0. The second-order valence-corrected chi connectivity index (χ2v) is 5.69. The third kappa shape index (κ3) is 3.92. The Morgan fingerprint density at radius 1 is 0.960 bits per heavy atom. The smallest absolute Gasteiger partial charge is 0.336 e. The zero-order chi connectivity index (χ0) is 18.4. The molecule has 0 aliphatic carbocycles. The highest BCUT2D eigenvalue weighted by atomic mass is 16.5. The molecule has 1 aliphatic heterocycles. The van der Waals surface area contributed by atoms with Crippen molar-refractivity contribution in [2.75, 3.05) is 13.2 Å². The first-order valence-corrected chi connectivity index (χ1v) is 8.68. The van der Waals surface area contributed by atoms with E-state index in [9.17, 15) is 9.59 Å². The van der Waals surface area contributed by atoms with Gasteiger partial charge >= 0.3 is 11.9 Å². The number of nitrogens with one attached hydrogen (secondary N) is 1. The maximum absolute atomic E-state index is 12.6. The Balaban J connectivity index is 2.57. The first-order valence-electron chi connectivity index (χ1n) is 8.68. The monoisotopic (exact) mass is 343 g/mol. The first-order chi connectivity index (χ1) is 12.0. The number of ether oxygens (including phenoxy) is 2. The van der Waals surface area contributed by atoms with Crippen molar-refractivity contribution in [1.29, 1.82) is 0 Å². The SMILES string of the molecule is CCOC(=O)C1=C(CC)NC(c2ccccc2)=C(C(=O)OCC)[C@H]1C. The van der Waals surface area contributed by atoms with E-state index >= 15 is 0 Å². The molecule has 0 saturated carbocycles. The zero-order valence-electron chi connectivity index (χ0n) is 15.2. The van der Waals surface area contributed by atoms with E-state index < -0.39 is 17.9 Å². The van der Waals surface area contributed by atoms with E-state index in [2.05, 4.69) is 5.32 Å². The Hall–Kier alpha value is -2.56. The Morgan fingerprint density at radius 2 is 1.52 bits per heavy atom. The molecule has 2 rings (SSSR count). The molecule has 0 unspecified atom stereocenters. The number of hydrogen-bond donors (Lipinski definition) is 1. The van der Waals surface area contributed by atoms with Crippen LogP contribution in [0.4, 0.5) is 0 Å². The van der Waals surface area contributed by atoms with E-state index in [0.29, 0.717) is 23.3 Å². The highest BCUT2D eigenvalue weighted by molar-refractivity contribution is 6.03. The minimum Gasteiger partial charge on any atom is -0.463 e. The summed E-state index contributed by atoms with van der Waals surface area (Å²) in [6, 6.07) is 9.59. The molecule has 0 radical (unpaired) electrons. The molecule has 0 aromatic heterocycles. The van der Waals surface area contributed by atoms with Gasteiger partial charge in [-0.05, 0) is 25.8 Å². The van der Waals surface area contributed by atoms with Gasteiger partial charge in [-0.2, -0.15) is 0 Å². The standard InChI is InChI=1S/C20H25NO4/c1-5-15-16(19(22)24-6-2)13(4)17(20(23)25-7-3)18(21-15)14-11-9-8-10-12-14/h8-13,21H,5-7H2,1-4H3/t13-/m0/s1. The van der Waals surface area contributed by atoms with Gasteiger partial charge in [0.15, 0.2) is 0 Å². The van der Waals surface area contributed by atoms with E-state index in [0.717, 1.165) is 11.3 Å². The molecule has 0 spiro atoms. The molecule has 5 nitrogen and oxygen atoms in total. The van der Waals surface area contributed by atoms with Crippen molar-refractivity contribution in [2.24, 2.45) is 5.92 Å². The maximum atomic E-state index is 12.6. The van der Waals surface area contributed by atoms with Gasteiger partial charge in [0.05, 0.1) is 30.1 Å². The molecule has 1 aromatic carbocycles. The van der Waals surface area contributed by atoms with Crippen molar-refractivity contribution in [3.05, 3.63) is 52.7 Å². The number of esters is 2. The lowest BCUT2D eigenvalue weighted by atomic mass is 9.84. The van der Waals surface area contributed by atoms with Crippen LogP contribution < -0.4 is 5.32 Å². The number of carbonyl (C=O) groups excluding carboxylic acids is 2. The molecular formula is C20H25NO4. The van der Waals surface area contributed by atoms with E-state index in [1.165, 1.54) is 0 Å². The minimum atomic E-state index is -0.418. The molecule has 134 valence electrons. The molecule has 0 saturated heterocycles. The van der Waals surface area contributed by atoms with Gasteiger partial charge < -0.3 is 14.8 Å². The molecule has 0 fully saturated rings.